The lowest BCUT2D eigenvalue weighted by atomic mass is 10.2. The summed E-state index contributed by atoms with van der Waals surface area (Å²) < 4.78 is 22.0. The van der Waals surface area contributed by atoms with Crippen molar-refractivity contribution in [1.82, 2.24) is 10.2 Å². The number of nitrogens with one attached hydrogen (secondary N) is 1. The Morgan fingerprint density at radius 2 is 1.58 bits per heavy atom. The largest absolute Gasteiger partial charge is 0.493 e. The zero-order valence-corrected chi connectivity index (χ0v) is 16.9. The van der Waals surface area contributed by atoms with Crippen LogP contribution in [0.3, 0.4) is 0 Å². The highest BCUT2D eigenvalue weighted by atomic mass is 16.5. The van der Waals surface area contributed by atoms with Crippen LogP contribution in [0.1, 0.15) is 10.4 Å². The smallest absolute Gasteiger partial charge is 0.322 e. The summed E-state index contributed by atoms with van der Waals surface area (Å²) in [5.74, 6) is 1.92. The molecule has 0 aliphatic heterocycles. The van der Waals surface area contributed by atoms with E-state index >= 15 is 0 Å². The van der Waals surface area contributed by atoms with Gasteiger partial charge in [-0.2, -0.15) is 0 Å². The molecule has 0 fully saturated rings. The molecule has 156 valence electrons. The Balaban J connectivity index is 1.53. The van der Waals surface area contributed by atoms with Gasteiger partial charge in [-0.15, -0.1) is 5.10 Å². The molecule has 4 rings (SSSR count). The summed E-state index contributed by atoms with van der Waals surface area (Å²) in [6.45, 7) is 0. The van der Waals surface area contributed by atoms with Gasteiger partial charge < -0.3 is 18.6 Å². The molecule has 0 atom stereocenters. The number of carbonyl (C=O) groups is 1. The van der Waals surface area contributed by atoms with E-state index in [1.807, 2.05) is 30.3 Å². The highest BCUT2D eigenvalue weighted by Gasteiger charge is 2.17. The molecule has 0 unspecified atom stereocenters. The second kappa shape index (κ2) is 9.00. The predicted octanol–water partition coefficient (Wildman–Crippen LogP) is 4.80. The first-order chi connectivity index (χ1) is 15.2. The van der Waals surface area contributed by atoms with E-state index < -0.39 is 5.91 Å². The van der Waals surface area contributed by atoms with Gasteiger partial charge in [-0.05, 0) is 42.5 Å². The zero-order chi connectivity index (χ0) is 21.6. The molecule has 8 heteroatoms. The molecule has 0 saturated heterocycles. The van der Waals surface area contributed by atoms with Crippen LogP contribution in [-0.2, 0) is 0 Å². The number of aromatic nitrogens is 2. The lowest BCUT2D eigenvalue weighted by Crippen LogP contribution is -2.13. The number of para-hydroxylation sites is 2. The molecule has 0 spiro atoms. The van der Waals surface area contributed by atoms with Gasteiger partial charge in [0.25, 0.3) is 5.91 Å². The number of benzene rings is 3. The van der Waals surface area contributed by atoms with Gasteiger partial charge in [-0.3, -0.25) is 10.1 Å². The normalized spacial score (nSPS) is 10.4. The van der Waals surface area contributed by atoms with Crippen molar-refractivity contribution in [2.24, 2.45) is 0 Å². The minimum atomic E-state index is -0.436. The molecule has 1 aromatic heterocycles. The first kappa shape index (κ1) is 20.0. The number of rotatable bonds is 7. The van der Waals surface area contributed by atoms with E-state index in [0.717, 1.165) is 0 Å². The highest BCUT2D eigenvalue weighted by Crippen LogP contribution is 2.32. The van der Waals surface area contributed by atoms with Gasteiger partial charge >= 0.3 is 6.01 Å². The standard InChI is InChI=1S/C23H19N3O5/c1-28-19-13-12-15(14-20(19)29-2)22-25-26-23(31-22)24-21(27)17-10-6-7-11-18(17)30-16-8-4-3-5-9-16/h3-14H,1-2H3,(H,24,26,27). The molecule has 0 radical (unpaired) electrons. The summed E-state index contributed by atoms with van der Waals surface area (Å²) in [6.07, 6.45) is 0. The number of hydrogen-bond acceptors (Lipinski definition) is 7. The minimum Gasteiger partial charge on any atom is -0.493 e. The highest BCUT2D eigenvalue weighted by molar-refractivity contribution is 6.05. The number of carbonyl (C=O) groups excluding carboxylic acids is 1. The third kappa shape index (κ3) is 4.48. The topological polar surface area (TPSA) is 95.7 Å². The molecular weight excluding hydrogens is 398 g/mol. The first-order valence-electron chi connectivity index (χ1n) is 9.37. The van der Waals surface area contributed by atoms with Gasteiger partial charge in [-0.25, -0.2) is 0 Å². The Hall–Kier alpha value is -4.33. The van der Waals surface area contributed by atoms with Gasteiger partial charge in [0.15, 0.2) is 11.5 Å². The molecule has 3 aromatic carbocycles. The van der Waals surface area contributed by atoms with E-state index in [0.29, 0.717) is 34.1 Å². The van der Waals surface area contributed by atoms with Gasteiger partial charge in [0, 0.05) is 5.56 Å². The van der Waals surface area contributed by atoms with Crippen molar-refractivity contribution in [2.45, 2.75) is 0 Å². The number of ether oxygens (including phenoxy) is 3. The van der Waals surface area contributed by atoms with Gasteiger partial charge in [0.1, 0.15) is 11.5 Å². The summed E-state index contributed by atoms with van der Waals surface area (Å²) in [5.41, 5.74) is 0.954. The minimum absolute atomic E-state index is 0.0377. The Labute approximate surface area is 178 Å². The molecule has 1 amide bonds. The fourth-order valence-corrected chi connectivity index (χ4v) is 2.88. The Morgan fingerprint density at radius 3 is 2.35 bits per heavy atom. The van der Waals surface area contributed by atoms with Crippen molar-refractivity contribution < 1.29 is 23.4 Å². The lowest BCUT2D eigenvalue weighted by molar-refractivity contribution is 0.102. The van der Waals surface area contributed by atoms with E-state index in [1.165, 1.54) is 7.11 Å². The summed E-state index contributed by atoms with van der Waals surface area (Å²) >= 11 is 0. The molecule has 4 aromatic rings. The third-order valence-electron chi connectivity index (χ3n) is 4.38. The Morgan fingerprint density at radius 1 is 0.839 bits per heavy atom. The maximum absolute atomic E-state index is 12.8. The van der Waals surface area contributed by atoms with Gasteiger partial charge in [-0.1, -0.05) is 35.4 Å². The van der Waals surface area contributed by atoms with Crippen molar-refractivity contribution in [3.8, 4) is 34.5 Å². The van der Waals surface area contributed by atoms with Crippen LogP contribution >= 0.6 is 0 Å². The molecule has 1 heterocycles. The first-order valence-corrected chi connectivity index (χ1v) is 9.37. The second-order valence-corrected chi connectivity index (χ2v) is 6.35. The Bertz CT molecular complexity index is 1190. The van der Waals surface area contributed by atoms with Crippen molar-refractivity contribution in [1.29, 1.82) is 0 Å². The predicted molar refractivity (Wildman–Crippen MR) is 114 cm³/mol. The van der Waals surface area contributed by atoms with Crippen molar-refractivity contribution in [2.75, 3.05) is 19.5 Å². The monoisotopic (exact) mass is 417 g/mol. The van der Waals surface area contributed by atoms with E-state index in [9.17, 15) is 4.79 Å². The van der Waals surface area contributed by atoms with Crippen LogP contribution in [0.5, 0.6) is 23.0 Å². The second-order valence-electron chi connectivity index (χ2n) is 6.35. The summed E-state index contributed by atoms with van der Waals surface area (Å²) in [5, 5.41) is 10.5. The van der Waals surface area contributed by atoms with Crippen LogP contribution in [0.4, 0.5) is 6.01 Å². The average Bonchev–Trinajstić information content (AvgIpc) is 3.28. The van der Waals surface area contributed by atoms with Crippen molar-refractivity contribution >= 4 is 11.9 Å². The lowest BCUT2D eigenvalue weighted by Gasteiger charge is -2.10. The average molecular weight is 417 g/mol. The molecule has 0 aliphatic rings. The molecule has 0 saturated carbocycles. The maximum atomic E-state index is 12.8. The quantitative estimate of drug-likeness (QED) is 0.461. The van der Waals surface area contributed by atoms with E-state index in [-0.39, 0.29) is 11.9 Å². The van der Waals surface area contributed by atoms with Crippen LogP contribution in [0.15, 0.2) is 77.2 Å². The SMILES string of the molecule is COc1ccc(-c2nnc(NC(=O)c3ccccc3Oc3ccccc3)o2)cc1OC. The molecule has 0 aliphatic carbocycles. The summed E-state index contributed by atoms with van der Waals surface area (Å²) in [7, 11) is 3.09. The van der Waals surface area contributed by atoms with E-state index in [4.69, 9.17) is 18.6 Å². The van der Waals surface area contributed by atoms with Crippen molar-refractivity contribution in [3.05, 3.63) is 78.4 Å². The molecule has 8 nitrogen and oxygen atoms in total. The van der Waals surface area contributed by atoms with Crippen LogP contribution in [0.25, 0.3) is 11.5 Å². The van der Waals surface area contributed by atoms with Gasteiger partial charge in [0.2, 0.25) is 5.89 Å². The van der Waals surface area contributed by atoms with E-state index in [2.05, 4.69) is 15.5 Å². The molecular formula is C23H19N3O5. The van der Waals surface area contributed by atoms with E-state index in [1.54, 1.807) is 49.6 Å². The fraction of sp³-hybridized carbons (Fsp3) is 0.0870. The third-order valence-corrected chi connectivity index (χ3v) is 4.38. The number of hydrogen-bond donors (Lipinski definition) is 1. The van der Waals surface area contributed by atoms with Crippen LogP contribution in [0, 0.1) is 0 Å². The zero-order valence-electron chi connectivity index (χ0n) is 16.9. The summed E-state index contributed by atoms with van der Waals surface area (Å²) in [6, 6.07) is 21.3. The number of anilines is 1. The van der Waals surface area contributed by atoms with Crippen molar-refractivity contribution in [3.63, 3.8) is 0 Å². The fourth-order valence-electron chi connectivity index (χ4n) is 2.88. The Kier molecular flexibility index (Phi) is 5.79. The molecule has 0 bridgehead atoms. The summed E-state index contributed by atoms with van der Waals surface area (Å²) in [4.78, 5) is 12.8. The van der Waals surface area contributed by atoms with Crippen LogP contribution in [0.2, 0.25) is 0 Å². The van der Waals surface area contributed by atoms with Crippen LogP contribution < -0.4 is 19.5 Å². The maximum Gasteiger partial charge on any atom is 0.322 e. The van der Waals surface area contributed by atoms with Gasteiger partial charge in [0.05, 0.1) is 19.8 Å². The van der Waals surface area contributed by atoms with Crippen LogP contribution in [-0.4, -0.2) is 30.3 Å². The number of amides is 1. The number of methoxy groups -OCH3 is 2. The molecule has 1 N–H and O–H groups in total. The number of nitrogens with zero attached hydrogens (tertiary/aromatic N) is 2. The molecule has 31 heavy (non-hydrogen) atoms.